The molecular weight excluding hydrogens is 440 g/mol. The van der Waals surface area contributed by atoms with Crippen molar-refractivity contribution >= 4 is 22.0 Å². The maximum atomic E-state index is 12.8. The standard InChI is InChI=1S/C25H26N2O5S/c1-31-21-11-9-20(10-12-21)24-5-2-16-27(24)25(28)15-8-19-6-13-23(14-7-19)33(29,30)26-18-22-4-3-17-32-22/h3-4,6-15,17,24,26H,2,5,16,18H2,1H3/b15-8+/t24-/m0/s1. The molecule has 2 heterocycles. The van der Waals surface area contributed by atoms with E-state index in [1.54, 1.807) is 43.5 Å². The van der Waals surface area contributed by atoms with Crippen molar-refractivity contribution in [3.8, 4) is 5.75 Å². The van der Waals surface area contributed by atoms with Crippen LogP contribution in [-0.2, 0) is 21.4 Å². The fourth-order valence-electron chi connectivity index (χ4n) is 3.89. The van der Waals surface area contributed by atoms with E-state index < -0.39 is 10.0 Å². The van der Waals surface area contributed by atoms with E-state index in [9.17, 15) is 13.2 Å². The molecule has 2 aromatic carbocycles. The Morgan fingerprint density at radius 1 is 1.15 bits per heavy atom. The number of furan rings is 1. The number of ether oxygens (including phenoxy) is 1. The van der Waals surface area contributed by atoms with Gasteiger partial charge in [-0.05, 0) is 66.4 Å². The van der Waals surface area contributed by atoms with Crippen LogP contribution in [0, 0.1) is 0 Å². The quantitative estimate of drug-likeness (QED) is 0.504. The van der Waals surface area contributed by atoms with Crippen LogP contribution in [0.2, 0.25) is 0 Å². The van der Waals surface area contributed by atoms with Gasteiger partial charge in [0.1, 0.15) is 11.5 Å². The Kier molecular flexibility index (Phi) is 6.96. The first-order chi connectivity index (χ1) is 16.0. The van der Waals surface area contributed by atoms with Gasteiger partial charge in [-0.15, -0.1) is 0 Å². The number of nitrogens with zero attached hydrogens (tertiary/aromatic N) is 1. The topological polar surface area (TPSA) is 88.8 Å². The molecule has 172 valence electrons. The van der Waals surface area contributed by atoms with E-state index in [-0.39, 0.29) is 23.4 Å². The van der Waals surface area contributed by atoms with Crippen LogP contribution < -0.4 is 9.46 Å². The van der Waals surface area contributed by atoms with E-state index in [0.717, 1.165) is 29.7 Å². The molecule has 7 nitrogen and oxygen atoms in total. The van der Waals surface area contributed by atoms with Crippen molar-refractivity contribution in [2.75, 3.05) is 13.7 Å². The molecule has 1 saturated heterocycles. The van der Waals surface area contributed by atoms with E-state index in [1.165, 1.54) is 18.4 Å². The lowest BCUT2D eigenvalue weighted by molar-refractivity contribution is -0.126. The molecule has 1 aromatic heterocycles. The van der Waals surface area contributed by atoms with Crippen LogP contribution in [0.5, 0.6) is 5.75 Å². The van der Waals surface area contributed by atoms with Gasteiger partial charge < -0.3 is 14.1 Å². The highest BCUT2D eigenvalue weighted by molar-refractivity contribution is 7.89. The average Bonchev–Trinajstić information content (AvgIpc) is 3.54. The number of rotatable bonds is 8. The van der Waals surface area contributed by atoms with Crippen molar-refractivity contribution in [2.45, 2.75) is 30.3 Å². The normalized spacial score (nSPS) is 16.4. The number of benzene rings is 2. The third-order valence-electron chi connectivity index (χ3n) is 5.66. The van der Waals surface area contributed by atoms with Crippen molar-refractivity contribution in [3.05, 3.63) is 89.9 Å². The fourth-order valence-corrected chi connectivity index (χ4v) is 4.88. The van der Waals surface area contributed by atoms with Gasteiger partial charge in [-0.25, -0.2) is 13.1 Å². The molecule has 1 N–H and O–H groups in total. The van der Waals surface area contributed by atoms with Gasteiger partial charge in [0.2, 0.25) is 15.9 Å². The number of amides is 1. The Bertz CT molecular complexity index is 1200. The van der Waals surface area contributed by atoms with Crippen LogP contribution in [0.3, 0.4) is 0 Å². The first-order valence-corrected chi connectivity index (χ1v) is 12.2. The smallest absolute Gasteiger partial charge is 0.247 e. The molecule has 0 spiro atoms. The summed E-state index contributed by atoms with van der Waals surface area (Å²) >= 11 is 0. The number of carbonyl (C=O) groups excluding carboxylic acids is 1. The lowest BCUT2D eigenvalue weighted by Gasteiger charge is -2.24. The molecule has 3 aromatic rings. The molecule has 33 heavy (non-hydrogen) atoms. The van der Waals surface area contributed by atoms with Gasteiger partial charge in [-0.2, -0.15) is 0 Å². The largest absolute Gasteiger partial charge is 0.497 e. The van der Waals surface area contributed by atoms with Gasteiger partial charge in [-0.1, -0.05) is 24.3 Å². The molecule has 0 saturated carbocycles. The summed E-state index contributed by atoms with van der Waals surface area (Å²) in [5, 5.41) is 0. The summed E-state index contributed by atoms with van der Waals surface area (Å²) in [6.07, 6.45) is 6.61. The van der Waals surface area contributed by atoms with Crippen LogP contribution in [0.1, 0.15) is 35.8 Å². The summed E-state index contributed by atoms with van der Waals surface area (Å²) in [7, 11) is -2.03. The van der Waals surface area contributed by atoms with Gasteiger partial charge in [0.15, 0.2) is 0 Å². The molecule has 4 rings (SSSR count). The van der Waals surface area contributed by atoms with Crippen molar-refractivity contribution in [1.82, 2.24) is 9.62 Å². The van der Waals surface area contributed by atoms with Crippen LogP contribution in [0.15, 0.2) is 82.3 Å². The predicted octanol–water partition coefficient (Wildman–Crippen LogP) is 4.14. The molecule has 0 bridgehead atoms. The third-order valence-corrected chi connectivity index (χ3v) is 7.08. The fraction of sp³-hybridized carbons (Fsp3) is 0.240. The van der Waals surface area contributed by atoms with E-state index in [2.05, 4.69) is 4.72 Å². The third kappa shape index (κ3) is 5.53. The first-order valence-electron chi connectivity index (χ1n) is 10.7. The van der Waals surface area contributed by atoms with Crippen molar-refractivity contribution in [1.29, 1.82) is 0 Å². The molecule has 1 aliphatic heterocycles. The maximum Gasteiger partial charge on any atom is 0.247 e. The Hall–Kier alpha value is -3.36. The number of hydrogen-bond donors (Lipinski definition) is 1. The minimum atomic E-state index is -3.66. The zero-order chi connectivity index (χ0) is 23.3. The van der Waals surface area contributed by atoms with E-state index in [1.807, 2.05) is 29.2 Å². The van der Waals surface area contributed by atoms with Crippen molar-refractivity contribution in [3.63, 3.8) is 0 Å². The van der Waals surface area contributed by atoms with Crippen molar-refractivity contribution < 1.29 is 22.4 Å². The summed E-state index contributed by atoms with van der Waals surface area (Å²) in [5.74, 6) is 1.26. The van der Waals surface area contributed by atoms with Gasteiger partial charge in [0, 0.05) is 12.6 Å². The van der Waals surface area contributed by atoms with E-state index >= 15 is 0 Å². The summed E-state index contributed by atoms with van der Waals surface area (Å²) in [6, 6.07) is 17.6. The van der Waals surface area contributed by atoms with Crippen LogP contribution in [-0.4, -0.2) is 32.9 Å². The van der Waals surface area contributed by atoms with Gasteiger partial charge in [0.05, 0.1) is 30.9 Å². The molecule has 1 amide bonds. The Balaban J connectivity index is 1.39. The number of likely N-dealkylation sites (tertiary alicyclic amines) is 1. The first kappa shape index (κ1) is 22.8. The predicted molar refractivity (Wildman–Crippen MR) is 125 cm³/mol. The van der Waals surface area contributed by atoms with Crippen LogP contribution in [0.25, 0.3) is 6.08 Å². The molecule has 1 aliphatic rings. The van der Waals surface area contributed by atoms with Gasteiger partial charge >= 0.3 is 0 Å². The Morgan fingerprint density at radius 3 is 2.58 bits per heavy atom. The molecule has 8 heteroatoms. The number of methoxy groups -OCH3 is 1. The van der Waals surface area contributed by atoms with E-state index in [0.29, 0.717) is 12.3 Å². The second kappa shape index (κ2) is 10.1. The van der Waals surface area contributed by atoms with Crippen molar-refractivity contribution in [2.24, 2.45) is 0 Å². The van der Waals surface area contributed by atoms with E-state index in [4.69, 9.17) is 9.15 Å². The maximum absolute atomic E-state index is 12.8. The Labute approximate surface area is 193 Å². The molecular formula is C25H26N2O5S. The molecule has 0 aliphatic carbocycles. The zero-order valence-corrected chi connectivity index (χ0v) is 19.1. The summed E-state index contributed by atoms with van der Waals surface area (Å²) in [5.41, 5.74) is 1.83. The second-order valence-electron chi connectivity index (χ2n) is 7.77. The number of hydrogen-bond acceptors (Lipinski definition) is 5. The average molecular weight is 467 g/mol. The lowest BCUT2D eigenvalue weighted by atomic mass is 10.0. The van der Waals surface area contributed by atoms with Gasteiger partial charge in [-0.3, -0.25) is 4.79 Å². The highest BCUT2D eigenvalue weighted by Crippen LogP contribution is 2.33. The van der Waals surface area contributed by atoms with Gasteiger partial charge in [0.25, 0.3) is 0 Å². The molecule has 1 atom stereocenters. The Morgan fingerprint density at radius 2 is 1.91 bits per heavy atom. The van der Waals surface area contributed by atoms with Crippen LogP contribution in [0.4, 0.5) is 0 Å². The molecule has 0 radical (unpaired) electrons. The number of sulfonamides is 1. The monoisotopic (exact) mass is 466 g/mol. The SMILES string of the molecule is COc1ccc([C@@H]2CCCN2C(=O)/C=C/c2ccc(S(=O)(=O)NCc3ccco3)cc2)cc1. The number of nitrogens with one attached hydrogen (secondary N) is 1. The zero-order valence-electron chi connectivity index (χ0n) is 18.3. The molecule has 0 unspecified atom stereocenters. The number of carbonyl (C=O) groups is 1. The summed E-state index contributed by atoms with van der Waals surface area (Å²) < 4.78 is 37.8. The minimum absolute atomic E-state index is 0.0424. The second-order valence-corrected chi connectivity index (χ2v) is 9.54. The molecule has 1 fully saturated rings. The minimum Gasteiger partial charge on any atom is -0.497 e. The highest BCUT2D eigenvalue weighted by atomic mass is 32.2. The summed E-state index contributed by atoms with van der Waals surface area (Å²) in [6.45, 7) is 0.787. The summed E-state index contributed by atoms with van der Waals surface area (Å²) in [4.78, 5) is 14.9. The van der Waals surface area contributed by atoms with Crippen LogP contribution >= 0.6 is 0 Å². The lowest BCUT2D eigenvalue weighted by Crippen LogP contribution is -2.28. The highest BCUT2D eigenvalue weighted by Gasteiger charge is 2.28.